The summed E-state index contributed by atoms with van der Waals surface area (Å²) in [5.41, 5.74) is -0.814. The van der Waals surface area contributed by atoms with Crippen LogP contribution < -0.4 is 10.3 Å². The van der Waals surface area contributed by atoms with Crippen molar-refractivity contribution >= 4 is 16.9 Å². The van der Waals surface area contributed by atoms with E-state index in [2.05, 4.69) is 0 Å². The third-order valence-corrected chi connectivity index (χ3v) is 4.87. The molecule has 3 aromatic rings. The highest BCUT2D eigenvalue weighted by Gasteiger charge is 2.40. The Morgan fingerprint density at radius 1 is 1.04 bits per heavy atom. The van der Waals surface area contributed by atoms with Crippen LogP contribution >= 0.6 is 0 Å². The lowest BCUT2D eigenvalue weighted by atomic mass is 9.83. The first-order chi connectivity index (χ1) is 12.8. The van der Waals surface area contributed by atoms with E-state index in [9.17, 15) is 22.8 Å². The molecule has 1 atom stereocenters. The lowest BCUT2D eigenvalue weighted by molar-refractivity contribution is -0.140. The monoisotopic (exact) mass is 373 g/mol. The Balaban J connectivity index is 2.07. The van der Waals surface area contributed by atoms with Crippen molar-refractivity contribution in [3.8, 4) is 5.75 Å². The molecule has 0 aliphatic carbocycles. The number of hydrogen-bond donors (Lipinski definition) is 0. The first-order valence-corrected chi connectivity index (χ1v) is 8.27. The molecule has 4 nitrogen and oxygen atoms in total. The second-order valence-electron chi connectivity index (χ2n) is 6.44. The molecule has 2 heterocycles. The molecule has 7 heteroatoms. The quantitative estimate of drug-likeness (QED) is 0.606. The number of aromatic nitrogens is 1. The summed E-state index contributed by atoms with van der Waals surface area (Å²) in [5, 5.41) is 0.511. The number of alkyl halides is 3. The molecule has 2 aromatic carbocycles. The van der Waals surface area contributed by atoms with E-state index in [1.54, 1.807) is 31.3 Å². The van der Waals surface area contributed by atoms with Crippen LogP contribution in [0.2, 0.25) is 0 Å². The number of benzene rings is 2. The Bertz CT molecular complexity index is 1130. The van der Waals surface area contributed by atoms with Crippen molar-refractivity contribution in [2.75, 3.05) is 0 Å². The smallest absolute Gasteiger partial charge is 0.416 e. The van der Waals surface area contributed by atoms with Gasteiger partial charge >= 0.3 is 12.1 Å². The molecule has 1 aliphatic rings. The van der Waals surface area contributed by atoms with E-state index in [1.165, 1.54) is 22.8 Å². The summed E-state index contributed by atoms with van der Waals surface area (Å²) in [5.74, 6) is -1.64. The van der Waals surface area contributed by atoms with Crippen molar-refractivity contribution in [1.82, 2.24) is 4.57 Å². The molecule has 0 saturated carbocycles. The normalized spacial score (nSPS) is 16.9. The molecule has 0 N–H and O–H groups in total. The number of rotatable bonds is 1. The Morgan fingerprint density at radius 2 is 1.70 bits per heavy atom. The van der Waals surface area contributed by atoms with Gasteiger partial charge in [-0.2, -0.15) is 13.2 Å². The molecule has 0 fully saturated rings. The van der Waals surface area contributed by atoms with Gasteiger partial charge in [0.1, 0.15) is 5.75 Å². The van der Waals surface area contributed by atoms with Crippen molar-refractivity contribution < 1.29 is 22.7 Å². The van der Waals surface area contributed by atoms with Crippen LogP contribution in [0, 0.1) is 0 Å². The maximum Gasteiger partial charge on any atom is 0.416 e. The van der Waals surface area contributed by atoms with Crippen LogP contribution in [-0.2, 0) is 18.0 Å². The molecule has 4 rings (SSSR count). The highest BCUT2D eigenvalue weighted by Crippen LogP contribution is 2.44. The fourth-order valence-electron chi connectivity index (χ4n) is 3.66. The first-order valence-electron chi connectivity index (χ1n) is 8.27. The van der Waals surface area contributed by atoms with E-state index < -0.39 is 29.2 Å². The van der Waals surface area contributed by atoms with E-state index in [-0.39, 0.29) is 23.3 Å². The zero-order valence-electron chi connectivity index (χ0n) is 14.2. The number of nitrogens with zero attached hydrogens (tertiary/aromatic N) is 1. The third kappa shape index (κ3) is 2.70. The second-order valence-corrected chi connectivity index (χ2v) is 6.44. The summed E-state index contributed by atoms with van der Waals surface area (Å²) in [7, 11) is 1.55. The predicted octanol–water partition coefficient (Wildman–Crippen LogP) is 4.00. The van der Waals surface area contributed by atoms with Crippen LogP contribution in [0.4, 0.5) is 13.2 Å². The molecule has 0 unspecified atom stereocenters. The number of fused-ring (bicyclic) bond motifs is 3. The summed E-state index contributed by atoms with van der Waals surface area (Å²) in [6.07, 6.45) is -4.92. The molecule has 0 spiro atoms. The predicted molar refractivity (Wildman–Crippen MR) is 92.7 cm³/mol. The average molecular weight is 373 g/mol. The SMILES string of the molecule is Cn1c(=O)c2c(c3ccccc31)OC(=O)C[C@H]2c1ccccc1C(F)(F)F. The molecular formula is C20H14F3NO3. The molecule has 0 amide bonds. The number of para-hydroxylation sites is 1. The lowest BCUT2D eigenvalue weighted by Gasteiger charge is -2.28. The van der Waals surface area contributed by atoms with Crippen molar-refractivity contribution in [3.05, 3.63) is 75.6 Å². The standard InChI is InChI=1S/C20H14F3NO3/c1-24-15-9-5-3-7-12(15)18-17(19(24)26)13(10-16(25)27-18)11-6-2-4-8-14(11)20(21,22)23/h2-9,13H,10H2,1H3/t13-/m0/s1. The number of esters is 1. The van der Waals surface area contributed by atoms with Gasteiger partial charge < -0.3 is 9.30 Å². The zero-order chi connectivity index (χ0) is 19.3. The molecule has 0 radical (unpaired) electrons. The van der Waals surface area contributed by atoms with Gasteiger partial charge in [-0.1, -0.05) is 30.3 Å². The largest absolute Gasteiger partial charge is 0.425 e. The average Bonchev–Trinajstić information content (AvgIpc) is 2.64. The van der Waals surface area contributed by atoms with Gasteiger partial charge in [0.25, 0.3) is 5.56 Å². The second kappa shape index (κ2) is 5.97. The van der Waals surface area contributed by atoms with E-state index in [1.807, 2.05) is 0 Å². The molecule has 0 bridgehead atoms. The van der Waals surface area contributed by atoms with E-state index >= 15 is 0 Å². The Morgan fingerprint density at radius 3 is 2.44 bits per heavy atom. The molecule has 27 heavy (non-hydrogen) atoms. The van der Waals surface area contributed by atoms with Gasteiger partial charge in [-0.15, -0.1) is 0 Å². The van der Waals surface area contributed by atoms with Crippen molar-refractivity contribution in [2.24, 2.45) is 7.05 Å². The maximum atomic E-state index is 13.5. The van der Waals surface area contributed by atoms with E-state index in [0.29, 0.717) is 10.9 Å². The van der Waals surface area contributed by atoms with E-state index in [0.717, 1.165) is 6.07 Å². The minimum Gasteiger partial charge on any atom is -0.425 e. The molecule has 138 valence electrons. The zero-order valence-corrected chi connectivity index (χ0v) is 14.2. The van der Waals surface area contributed by atoms with Gasteiger partial charge in [-0.25, -0.2) is 0 Å². The fourth-order valence-corrected chi connectivity index (χ4v) is 3.66. The van der Waals surface area contributed by atoms with Crippen LogP contribution in [0.3, 0.4) is 0 Å². The van der Waals surface area contributed by atoms with Gasteiger partial charge in [-0.3, -0.25) is 9.59 Å². The van der Waals surface area contributed by atoms with Crippen molar-refractivity contribution in [3.63, 3.8) is 0 Å². The van der Waals surface area contributed by atoms with E-state index in [4.69, 9.17) is 4.74 Å². The minimum atomic E-state index is -4.60. The van der Waals surface area contributed by atoms with Gasteiger partial charge in [0, 0.05) is 18.4 Å². The van der Waals surface area contributed by atoms with Gasteiger partial charge in [0.2, 0.25) is 0 Å². The lowest BCUT2D eigenvalue weighted by Crippen LogP contribution is -2.32. The Hall–Kier alpha value is -3.09. The van der Waals surface area contributed by atoms with Crippen molar-refractivity contribution in [1.29, 1.82) is 0 Å². The maximum absolute atomic E-state index is 13.5. The van der Waals surface area contributed by atoms with Gasteiger partial charge in [0.15, 0.2) is 0 Å². The van der Waals surface area contributed by atoms with Crippen LogP contribution in [0.25, 0.3) is 10.9 Å². The Labute approximate surface area is 151 Å². The minimum absolute atomic E-state index is 0.0481. The summed E-state index contributed by atoms with van der Waals surface area (Å²) < 4.78 is 47.2. The number of carbonyl (C=O) groups is 1. The van der Waals surface area contributed by atoms with Crippen LogP contribution in [0.1, 0.15) is 29.0 Å². The number of hydrogen-bond acceptors (Lipinski definition) is 3. The number of ether oxygens (including phenoxy) is 1. The Kier molecular flexibility index (Phi) is 3.83. The number of aryl methyl sites for hydroxylation is 1. The summed E-state index contributed by atoms with van der Waals surface area (Å²) in [6.45, 7) is 0. The molecule has 0 saturated heterocycles. The van der Waals surface area contributed by atoms with Gasteiger partial charge in [0.05, 0.1) is 23.1 Å². The first kappa shape index (κ1) is 17.3. The summed E-state index contributed by atoms with van der Waals surface area (Å²) in [4.78, 5) is 25.2. The number of carbonyl (C=O) groups excluding carboxylic acids is 1. The molecule has 1 aliphatic heterocycles. The third-order valence-electron chi connectivity index (χ3n) is 4.87. The molecule has 1 aromatic heterocycles. The summed E-state index contributed by atoms with van der Waals surface area (Å²) >= 11 is 0. The van der Waals surface area contributed by atoms with Crippen molar-refractivity contribution in [2.45, 2.75) is 18.5 Å². The van der Waals surface area contributed by atoms with Crippen LogP contribution in [0.5, 0.6) is 5.75 Å². The topological polar surface area (TPSA) is 48.3 Å². The van der Waals surface area contributed by atoms with Crippen LogP contribution in [0.15, 0.2) is 53.3 Å². The number of halogens is 3. The van der Waals surface area contributed by atoms with Crippen LogP contribution in [-0.4, -0.2) is 10.5 Å². The highest BCUT2D eigenvalue weighted by atomic mass is 19.4. The highest BCUT2D eigenvalue weighted by molar-refractivity contribution is 5.91. The molecular weight excluding hydrogens is 359 g/mol. The van der Waals surface area contributed by atoms with Gasteiger partial charge in [-0.05, 0) is 23.8 Å². The summed E-state index contributed by atoms with van der Waals surface area (Å²) in [6, 6.07) is 11.8. The fraction of sp³-hybridized carbons (Fsp3) is 0.200. The number of pyridine rings is 1.